The third kappa shape index (κ3) is 4.83. The third-order valence-electron chi connectivity index (χ3n) is 0.319. The second-order valence-electron chi connectivity index (χ2n) is 0.813. The van der Waals surface area contributed by atoms with Gasteiger partial charge in [0.15, 0.2) is 0 Å². The Morgan fingerprint density at radius 3 is 1.50 bits per heavy atom. The van der Waals surface area contributed by atoms with Gasteiger partial charge in [-0.2, -0.15) is 0 Å². The molecule has 0 N–H and O–H groups in total. The smallest absolute Gasteiger partial charge is 0.104 e. The lowest BCUT2D eigenvalue weighted by Crippen LogP contribution is -1.70. The first-order valence-electron chi connectivity index (χ1n) is 2.16. The quantitative estimate of drug-likeness (QED) is 0.279. The molecule has 0 amide bonds. The van der Waals surface area contributed by atoms with Crippen LogP contribution in [0.3, 0.4) is 0 Å². The zero-order valence-corrected chi connectivity index (χ0v) is 5.86. The fourth-order valence-corrected chi connectivity index (χ4v) is 1.50. The molecule has 0 aliphatic heterocycles. The van der Waals surface area contributed by atoms with Crippen molar-refractivity contribution >= 4 is 37.3 Å². The standard InChI is InChI=1S/C2H8B2S2/c3-1-5-6-2-4/h1-4H2. The molecule has 0 heterocycles. The van der Waals surface area contributed by atoms with Gasteiger partial charge in [0.2, 0.25) is 0 Å². The molecule has 6 heavy (non-hydrogen) atoms. The molecule has 0 unspecified atom stereocenters. The largest absolute Gasteiger partial charge is 0.115 e. The summed E-state index contributed by atoms with van der Waals surface area (Å²) in [6.45, 7) is 0. The Balaban J connectivity index is 2.34. The third-order valence-corrected chi connectivity index (χ3v) is 2.87. The van der Waals surface area contributed by atoms with Gasteiger partial charge in [0.05, 0.1) is 0 Å². The zero-order valence-electron chi connectivity index (χ0n) is 4.23. The van der Waals surface area contributed by atoms with E-state index in [-0.39, 0.29) is 0 Å². The van der Waals surface area contributed by atoms with Gasteiger partial charge in [-0.05, 0) is 11.3 Å². The van der Waals surface area contributed by atoms with Crippen LogP contribution in [0.1, 0.15) is 0 Å². The van der Waals surface area contributed by atoms with Crippen molar-refractivity contribution in [3.05, 3.63) is 0 Å². The second kappa shape index (κ2) is 5.83. The molecule has 0 aliphatic carbocycles. The zero-order chi connectivity index (χ0) is 4.83. The summed E-state index contributed by atoms with van der Waals surface area (Å²) >= 11 is 0. The fraction of sp³-hybridized carbons (Fsp3) is 1.00. The number of rotatable bonds is 3. The monoisotopic (exact) mass is 118 g/mol. The predicted molar refractivity (Wildman–Crippen MR) is 42.0 cm³/mol. The maximum atomic E-state index is 2.17. The molecular weight excluding hydrogens is 110 g/mol. The summed E-state index contributed by atoms with van der Waals surface area (Å²) in [5, 5.41) is 0. The molecule has 0 nitrogen and oxygen atoms in total. The molecule has 0 fully saturated rings. The SMILES string of the molecule is BCSSCB. The normalized spacial score (nSPS) is 8.67. The van der Waals surface area contributed by atoms with Crippen LogP contribution in [0, 0.1) is 0 Å². The summed E-state index contributed by atoms with van der Waals surface area (Å²) in [5.41, 5.74) is 2.47. The summed E-state index contributed by atoms with van der Waals surface area (Å²) in [5.74, 6) is 0. The molecule has 0 bridgehead atoms. The van der Waals surface area contributed by atoms with E-state index in [4.69, 9.17) is 0 Å². The summed E-state index contributed by atoms with van der Waals surface area (Å²) in [6, 6.07) is 0. The molecule has 0 saturated carbocycles. The Labute approximate surface area is 49.1 Å². The Hall–Kier alpha value is 0.830. The van der Waals surface area contributed by atoms with Gasteiger partial charge in [0.25, 0.3) is 0 Å². The minimum Gasteiger partial charge on any atom is -0.104 e. The first-order chi connectivity index (χ1) is 2.91. The Morgan fingerprint density at radius 2 is 1.33 bits per heavy atom. The topological polar surface area (TPSA) is 0 Å². The van der Waals surface area contributed by atoms with Gasteiger partial charge in [-0.15, -0.1) is 21.6 Å². The van der Waals surface area contributed by atoms with Crippen LogP contribution < -0.4 is 0 Å². The van der Waals surface area contributed by atoms with E-state index in [0.29, 0.717) is 0 Å². The van der Waals surface area contributed by atoms with Crippen molar-refractivity contribution in [3.63, 3.8) is 0 Å². The van der Waals surface area contributed by atoms with Crippen LogP contribution in [0.5, 0.6) is 0 Å². The van der Waals surface area contributed by atoms with Crippen molar-refractivity contribution in [2.45, 2.75) is 0 Å². The van der Waals surface area contributed by atoms with E-state index in [1.807, 2.05) is 21.6 Å². The molecular formula is C2H8B2S2. The summed E-state index contributed by atoms with van der Waals surface area (Å²) in [6.07, 6.45) is 0. The molecule has 0 saturated heterocycles. The van der Waals surface area contributed by atoms with Crippen LogP contribution in [0.15, 0.2) is 0 Å². The lowest BCUT2D eigenvalue weighted by atomic mass is 10.2. The van der Waals surface area contributed by atoms with E-state index >= 15 is 0 Å². The lowest BCUT2D eigenvalue weighted by molar-refractivity contribution is 2.24. The van der Waals surface area contributed by atoms with Gasteiger partial charge in [0.1, 0.15) is 15.7 Å². The Morgan fingerprint density at radius 1 is 1.00 bits per heavy atom. The molecule has 0 atom stereocenters. The highest BCUT2D eigenvalue weighted by atomic mass is 33.1. The highest BCUT2D eigenvalue weighted by molar-refractivity contribution is 8.77. The second-order valence-corrected chi connectivity index (χ2v) is 3.85. The first kappa shape index (κ1) is 6.83. The van der Waals surface area contributed by atoms with E-state index in [2.05, 4.69) is 15.7 Å². The van der Waals surface area contributed by atoms with Crippen LogP contribution >= 0.6 is 21.6 Å². The van der Waals surface area contributed by atoms with E-state index < -0.39 is 0 Å². The van der Waals surface area contributed by atoms with Crippen LogP contribution in [-0.2, 0) is 0 Å². The summed E-state index contributed by atoms with van der Waals surface area (Å²) in [7, 11) is 8.20. The van der Waals surface area contributed by atoms with Crippen LogP contribution in [-0.4, -0.2) is 27.0 Å². The highest BCUT2D eigenvalue weighted by Crippen LogP contribution is 2.16. The Kier molecular flexibility index (Phi) is 6.64. The predicted octanol–water partition coefficient (Wildman–Crippen LogP) is -0.451. The van der Waals surface area contributed by atoms with E-state index in [0.717, 1.165) is 0 Å². The summed E-state index contributed by atoms with van der Waals surface area (Å²) in [4.78, 5) is 0. The van der Waals surface area contributed by atoms with Crippen molar-refractivity contribution in [3.8, 4) is 0 Å². The minimum atomic E-state index is 1.23. The summed E-state index contributed by atoms with van der Waals surface area (Å²) < 4.78 is 0. The molecule has 0 aliphatic rings. The van der Waals surface area contributed by atoms with Gasteiger partial charge in [0, 0.05) is 0 Å². The molecule has 0 spiro atoms. The van der Waals surface area contributed by atoms with Crippen molar-refractivity contribution < 1.29 is 0 Å². The van der Waals surface area contributed by atoms with Crippen LogP contribution in [0.2, 0.25) is 0 Å². The molecule has 4 heteroatoms. The number of hydrogen-bond acceptors (Lipinski definition) is 2. The minimum absolute atomic E-state index is 1.23. The van der Waals surface area contributed by atoms with Crippen LogP contribution in [0.25, 0.3) is 0 Å². The maximum absolute atomic E-state index is 2.17. The number of hydrogen-bond donors (Lipinski definition) is 0. The van der Waals surface area contributed by atoms with E-state index in [1.54, 1.807) is 0 Å². The lowest BCUT2D eigenvalue weighted by Gasteiger charge is -1.86. The molecule has 0 aromatic carbocycles. The average molecular weight is 118 g/mol. The fourth-order valence-electron chi connectivity index (χ4n) is 0.167. The molecule has 34 valence electrons. The molecule has 0 radical (unpaired) electrons. The first-order valence-corrected chi connectivity index (χ1v) is 4.65. The van der Waals surface area contributed by atoms with Gasteiger partial charge < -0.3 is 0 Å². The van der Waals surface area contributed by atoms with E-state index in [1.165, 1.54) is 11.3 Å². The van der Waals surface area contributed by atoms with Gasteiger partial charge >= 0.3 is 0 Å². The Bertz CT molecular complexity index is 21.5. The average Bonchev–Trinajstić information content (AvgIpc) is 1.61. The highest BCUT2D eigenvalue weighted by Gasteiger charge is 1.76. The molecule has 0 aromatic heterocycles. The molecule has 0 aromatic rings. The van der Waals surface area contributed by atoms with Gasteiger partial charge in [-0.25, -0.2) is 0 Å². The maximum Gasteiger partial charge on any atom is 0.115 e. The van der Waals surface area contributed by atoms with Crippen LogP contribution in [0.4, 0.5) is 0 Å². The van der Waals surface area contributed by atoms with Crippen molar-refractivity contribution in [2.75, 3.05) is 11.3 Å². The molecule has 0 rings (SSSR count). The van der Waals surface area contributed by atoms with Crippen molar-refractivity contribution in [2.24, 2.45) is 0 Å². The van der Waals surface area contributed by atoms with E-state index in [9.17, 15) is 0 Å². The van der Waals surface area contributed by atoms with Crippen molar-refractivity contribution in [1.29, 1.82) is 0 Å². The van der Waals surface area contributed by atoms with Gasteiger partial charge in [-0.3, -0.25) is 0 Å². The van der Waals surface area contributed by atoms with Crippen molar-refractivity contribution in [1.82, 2.24) is 0 Å². The van der Waals surface area contributed by atoms with Gasteiger partial charge in [-0.1, -0.05) is 0 Å².